The van der Waals surface area contributed by atoms with Crippen LogP contribution in [0.15, 0.2) is 4.99 Å². The monoisotopic (exact) mass is 352 g/mol. The molecule has 0 aromatic carbocycles. The van der Waals surface area contributed by atoms with Crippen molar-refractivity contribution in [3.8, 4) is 0 Å². The highest BCUT2D eigenvalue weighted by Gasteiger charge is 2.70. The Labute approximate surface area is 147 Å². The molecule has 1 saturated carbocycles. The fraction of sp³-hybridized carbons (Fsp3) is 0.778. The van der Waals surface area contributed by atoms with Gasteiger partial charge in [0.25, 0.3) is 5.91 Å². The molecule has 3 rings (SSSR count). The first kappa shape index (κ1) is 17.8. The molecule has 0 spiro atoms. The number of nitrogens with zero attached hydrogens (tertiary/aromatic N) is 2. The highest BCUT2D eigenvalue weighted by molar-refractivity contribution is 7.09. The molecule has 1 amide bonds. The van der Waals surface area contributed by atoms with E-state index in [-0.39, 0.29) is 16.7 Å². The van der Waals surface area contributed by atoms with Gasteiger partial charge in [-0.3, -0.25) is 4.79 Å². The van der Waals surface area contributed by atoms with Crippen LogP contribution in [0, 0.1) is 24.7 Å². The molecular formula is C18H28N2O3S. The van der Waals surface area contributed by atoms with E-state index in [9.17, 15) is 4.79 Å². The predicted octanol–water partition coefficient (Wildman–Crippen LogP) is 2.84. The number of ether oxygens (including phenoxy) is 2. The predicted molar refractivity (Wildman–Crippen MR) is 94.0 cm³/mol. The second kappa shape index (κ2) is 5.78. The molecule has 1 aromatic rings. The van der Waals surface area contributed by atoms with Gasteiger partial charge in [0.2, 0.25) is 0 Å². The molecule has 2 heterocycles. The number of hydrogen-bond donors (Lipinski definition) is 0. The molecule has 24 heavy (non-hydrogen) atoms. The van der Waals surface area contributed by atoms with Crippen LogP contribution in [-0.2, 0) is 20.8 Å². The second-order valence-electron chi connectivity index (χ2n) is 7.89. The van der Waals surface area contributed by atoms with Gasteiger partial charge in [0, 0.05) is 29.6 Å². The zero-order chi connectivity index (χ0) is 17.8. The first-order valence-electron chi connectivity index (χ1n) is 8.57. The summed E-state index contributed by atoms with van der Waals surface area (Å²) in [6.45, 7) is 12.6. The molecule has 6 heteroatoms. The molecule has 1 aliphatic heterocycles. The molecule has 2 fully saturated rings. The lowest BCUT2D eigenvalue weighted by Crippen LogP contribution is -2.47. The van der Waals surface area contributed by atoms with Gasteiger partial charge in [-0.15, -0.1) is 11.3 Å². The van der Waals surface area contributed by atoms with Gasteiger partial charge in [0.1, 0.15) is 0 Å². The Balaban J connectivity index is 2.01. The van der Waals surface area contributed by atoms with Crippen molar-refractivity contribution in [2.45, 2.75) is 59.6 Å². The second-order valence-corrected chi connectivity index (χ2v) is 9.07. The van der Waals surface area contributed by atoms with E-state index in [4.69, 9.17) is 9.47 Å². The molecule has 2 atom stereocenters. The van der Waals surface area contributed by atoms with Gasteiger partial charge in [-0.1, -0.05) is 20.8 Å². The number of amides is 1. The lowest BCUT2D eigenvalue weighted by molar-refractivity contribution is -0.146. The van der Waals surface area contributed by atoms with Gasteiger partial charge in [-0.2, -0.15) is 4.99 Å². The van der Waals surface area contributed by atoms with Gasteiger partial charge in [0.05, 0.1) is 13.2 Å². The summed E-state index contributed by atoms with van der Waals surface area (Å²) in [5, 5.41) is 0. The van der Waals surface area contributed by atoms with Crippen molar-refractivity contribution in [2.24, 2.45) is 15.8 Å². The standard InChI is InChI=1S/C18H28N2O3S/c1-12-13(2)24-15(20(12)9-10-22-6)19-14(21)18-8-7-17(5,11-23-18)16(18,3)4/h7-11H2,1-6H3. The summed E-state index contributed by atoms with van der Waals surface area (Å²) < 4.78 is 13.4. The van der Waals surface area contributed by atoms with Crippen LogP contribution in [0.1, 0.15) is 44.2 Å². The smallest absolute Gasteiger partial charge is 0.281 e. The van der Waals surface area contributed by atoms with Crippen LogP contribution in [0.3, 0.4) is 0 Å². The minimum absolute atomic E-state index is 0.0610. The van der Waals surface area contributed by atoms with Crippen molar-refractivity contribution in [1.82, 2.24) is 4.57 Å². The van der Waals surface area contributed by atoms with Crippen molar-refractivity contribution < 1.29 is 14.3 Å². The number of fused-ring (bicyclic) bond motifs is 2. The summed E-state index contributed by atoms with van der Waals surface area (Å²) in [5.74, 6) is -0.124. The molecule has 2 unspecified atom stereocenters. The van der Waals surface area contributed by atoms with Gasteiger partial charge in [-0.05, 0) is 32.1 Å². The third-order valence-corrected chi connectivity index (χ3v) is 7.73. The van der Waals surface area contributed by atoms with Gasteiger partial charge in [0.15, 0.2) is 10.4 Å². The van der Waals surface area contributed by atoms with Gasteiger partial charge < -0.3 is 14.0 Å². The molecule has 0 radical (unpaired) electrons. The summed E-state index contributed by atoms with van der Waals surface area (Å²) in [7, 11) is 1.68. The lowest BCUT2D eigenvalue weighted by atomic mass is 9.66. The van der Waals surface area contributed by atoms with Crippen molar-refractivity contribution in [2.75, 3.05) is 20.3 Å². The number of methoxy groups -OCH3 is 1. The highest BCUT2D eigenvalue weighted by atomic mass is 32.1. The number of hydrogen-bond acceptors (Lipinski definition) is 4. The van der Waals surface area contributed by atoms with E-state index in [0.29, 0.717) is 19.8 Å². The summed E-state index contributed by atoms with van der Waals surface area (Å²) >= 11 is 1.56. The number of carbonyl (C=O) groups is 1. The maximum atomic E-state index is 13.2. The minimum atomic E-state index is -0.771. The van der Waals surface area contributed by atoms with Crippen LogP contribution in [0.25, 0.3) is 0 Å². The molecule has 2 aliphatic rings. The van der Waals surface area contributed by atoms with Crippen LogP contribution in [0.4, 0.5) is 0 Å². The first-order chi connectivity index (χ1) is 11.2. The lowest BCUT2D eigenvalue weighted by Gasteiger charge is -2.36. The number of aryl methyl sites for hydroxylation is 1. The zero-order valence-electron chi connectivity index (χ0n) is 15.6. The molecule has 1 saturated heterocycles. The average molecular weight is 353 g/mol. The Kier molecular flexibility index (Phi) is 4.30. The Hall–Kier alpha value is -0.980. The van der Waals surface area contributed by atoms with Crippen molar-refractivity contribution >= 4 is 17.2 Å². The number of thiazole rings is 1. The van der Waals surface area contributed by atoms with Gasteiger partial charge >= 0.3 is 0 Å². The number of carbonyl (C=O) groups excluding carboxylic acids is 1. The molecule has 0 N–H and O–H groups in total. The molecular weight excluding hydrogens is 324 g/mol. The van der Waals surface area contributed by atoms with Crippen LogP contribution < -0.4 is 4.80 Å². The first-order valence-corrected chi connectivity index (χ1v) is 9.39. The minimum Gasteiger partial charge on any atom is -0.383 e. The highest BCUT2D eigenvalue weighted by Crippen LogP contribution is 2.65. The molecule has 134 valence electrons. The van der Waals surface area contributed by atoms with E-state index in [2.05, 4.69) is 44.2 Å². The summed E-state index contributed by atoms with van der Waals surface area (Å²) in [4.78, 5) is 19.6. The van der Waals surface area contributed by atoms with Gasteiger partial charge in [-0.25, -0.2) is 0 Å². The van der Waals surface area contributed by atoms with E-state index in [1.165, 1.54) is 4.88 Å². The number of aromatic nitrogens is 1. The Morgan fingerprint density at radius 1 is 1.33 bits per heavy atom. The van der Waals surface area contributed by atoms with Crippen LogP contribution in [0.5, 0.6) is 0 Å². The normalized spacial score (nSPS) is 31.8. The Bertz CT molecular complexity index is 721. The van der Waals surface area contributed by atoms with E-state index >= 15 is 0 Å². The number of rotatable bonds is 4. The fourth-order valence-corrected chi connectivity index (χ4v) is 5.09. The zero-order valence-corrected chi connectivity index (χ0v) is 16.4. The topological polar surface area (TPSA) is 52.8 Å². The summed E-state index contributed by atoms with van der Waals surface area (Å²) in [5.41, 5.74) is 0.237. The van der Waals surface area contributed by atoms with Crippen LogP contribution in [-0.4, -0.2) is 36.4 Å². The average Bonchev–Trinajstić information content (AvgIpc) is 2.99. The van der Waals surface area contributed by atoms with Crippen molar-refractivity contribution in [3.63, 3.8) is 0 Å². The third kappa shape index (κ3) is 2.26. The largest absolute Gasteiger partial charge is 0.383 e. The summed E-state index contributed by atoms with van der Waals surface area (Å²) in [6, 6.07) is 0. The van der Waals surface area contributed by atoms with Crippen molar-refractivity contribution in [1.29, 1.82) is 0 Å². The summed E-state index contributed by atoms with van der Waals surface area (Å²) in [6.07, 6.45) is 1.79. The maximum Gasteiger partial charge on any atom is 0.281 e. The molecule has 5 nitrogen and oxygen atoms in total. The third-order valence-electron chi connectivity index (χ3n) is 6.64. The Morgan fingerprint density at radius 3 is 2.54 bits per heavy atom. The van der Waals surface area contributed by atoms with E-state index < -0.39 is 5.60 Å². The van der Waals surface area contributed by atoms with Crippen LogP contribution >= 0.6 is 11.3 Å². The van der Waals surface area contributed by atoms with Crippen LogP contribution in [0.2, 0.25) is 0 Å². The quantitative estimate of drug-likeness (QED) is 0.837. The van der Waals surface area contributed by atoms with Crippen molar-refractivity contribution in [3.05, 3.63) is 15.4 Å². The van der Waals surface area contributed by atoms with E-state index in [0.717, 1.165) is 23.3 Å². The maximum absolute atomic E-state index is 13.2. The molecule has 1 aliphatic carbocycles. The fourth-order valence-electron chi connectivity index (χ4n) is 4.09. The van der Waals surface area contributed by atoms with E-state index in [1.54, 1.807) is 18.4 Å². The molecule has 2 bridgehead atoms. The van der Waals surface area contributed by atoms with E-state index in [1.807, 2.05) is 0 Å². The molecule has 1 aromatic heterocycles. The Morgan fingerprint density at radius 2 is 2.04 bits per heavy atom. The SMILES string of the molecule is COCCn1c(C)c(C)sc1=NC(=O)C12CCC(C)(CO1)C2(C)C.